The van der Waals surface area contributed by atoms with Crippen molar-refractivity contribution in [1.29, 1.82) is 0 Å². The van der Waals surface area contributed by atoms with Gasteiger partial charge in [0.05, 0.1) is 17.1 Å². The quantitative estimate of drug-likeness (QED) is 0.635. The number of nitrogens with zero attached hydrogens (tertiary/aromatic N) is 2. The van der Waals surface area contributed by atoms with E-state index in [1.165, 1.54) is 11.1 Å². The summed E-state index contributed by atoms with van der Waals surface area (Å²) in [7, 11) is 0. The van der Waals surface area contributed by atoms with Gasteiger partial charge in [0, 0.05) is 18.8 Å². The highest BCUT2D eigenvalue weighted by atomic mass is 35.5. The van der Waals surface area contributed by atoms with Gasteiger partial charge < -0.3 is 10.6 Å². The Labute approximate surface area is 130 Å². The maximum Gasteiger partial charge on any atom is 0.256 e. The Balaban J connectivity index is 1.68. The molecule has 0 spiro atoms. The molecule has 0 fully saturated rings. The summed E-state index contributed by atoms with van der Waals surface area (Å²) >= 11 is 5.96. The summed E-state index contributed by atoms with van der Waals surface area (Å²) in [5.41, 5.74) is 4.18. The second kappa shape index (κ2) is 5.08. The summed E-state index contributed by atoms with van der Waals surface area (Å²) < 4.78 is 0. The Hall–Kier alpha value is -2.44. The number of fused-ring (bicyclic) bond motifs is 2. The van der Waals surface area contributed by atoms with Gasteiger partial charge in [0.2, 0.25) is 0 Å². The lowest BCUT2D eigenvalue weighted by molar-refractivity contribution is 0.102. The average molecular weight is 314 g/mol. The first-order chi connectivity index (χ1) is 10.7. The third-order valence-corrected chi connectivity index (χ3v) is 3.92. The highest BCUT2D eigenvalue weighted by Gasteiger charge is 2.16. The Morgan fingerprint density at radius 1 is 1.23 bits per heavy atom. The molecule has 3 N–H and O–H groups in total. The number of hydrogen-bond acceptors (Lipinski definition) is 4. The lowest BCUT2D eigenvalue weighted by Crippen LogP contribution is -2.12. The zero-order chi connectivity index (χ0) is 15.1. The molecule has 0 bridgehead atoms. The highest BCUT2D eigenvalue weighted by molar-refractivity contribution is 6.30. The number of nitrogens with one attached hydrogen (secondary N) is 3. The van der Waals surface area contributed by atoms with Gasteiger partial charge in [-0.2, -0.15) is 5.10 Å². The van der Waals surface area contributed by atoms with Crippen molar-refractivity contribution >= 4 is 34.2 Å². The van der Waals surface area contributed by atoms with E-state index < -0.39 is 0 Å². The van der Waals surface area contributed by atoms with Gasteiger partial charge >= 0.3 is 0 Å². The first kappa shape index (κ1) is 13.2. The van der Waals surface area contributed by atoms with Gasteiger partial charge in [-0.25, -0.2) is 4.98 Å². The molecule has 2 aromatic heterocycles. The summed E-state index contributed by atoms with van der Waals surface area (Å²) in [5, 5.41) is 13.7. The molecule has 3 heterocycles. The Bertz CT molecular complexity index is 889. The molecule has 1 aliphatic heterocycles. The minimum Gasteiger partial charge on any atom is -0.322 e. The summed E-state index contributed by atoms with van der Waals surface area (Å²) in [6, 6.07) is 7.46. The molecule has 22 heavy (non-hydrogen) atoms. The van der Waals surface area contributed by atoms with E-state index >= 15 is 0 Å². The zero-order valence-corrected chi connectivity index (χ0v) is 12.2. The molecule has 7 heteroatoms. The van der Waals surface area contributed by atoms with E-state index in [4.69, 9.17) is 11.6 Å². The lowest BCUT2D eigenvalue weighted by atomic mass is 10.1. The maximum atomic E-state index is 12.5. The standard InChI is InChI=1S/C15H12ClN5O/c16-13-4-11(12-7-18-21-14(12)20-13)15(22)19-10-2-1-8-5-17-6-9(8)3-10/h1-4,7,17H,5-6H2,(H,19,22)(H,18,20,21). The molecule has 110 valence electrons. The van der Waals surface area contributed by atoms with E-state index in [2.05, 4.69) is 25.8 Å². The number of H-pyrrole nitrogens is 1. The molecule has 1 amide bonds. The number of anilines is 1. The van der Waals surface area contributed by atoms with Crippen molar-refractivity contribution in [3.63, 3.8) is 0 Å². The number of benzene rings is 1. The van der Waals surface area contributed by atoms with Gasteiger partial charge in [-0.3, -0.25) is 9.89 Å². The molecule has 6 nitrogen and oxygen atoms in total. The first-order valence-corrected chi connectivity index (χ1v) is 7.22. The summed E-state index contributed by atoms with van der Waals surface area (Å²) in [6.07, 6.45) is 1.57. The molecule has 0 aliphatic carbocycles. The number of hydrogen-bond donors (Lipinski definition) is 3. The van der Waals surface area contributed by atoms with Crippen molar-refractivity contribution in [3.05, 3.63) is 52.3 Å². The third-order valence-electron chi connectivity index (χ3n) is 3.73. The molecule has 1 aliphatic rings. The molecule has 0 saturated carbocycles. The van der Waals surface area contributed by atoms with Gasteiger partial charge in [-0.05, 0) is 29.3 Å². The van der Waals surface area contributed by atoms with Crippen molar-refractivity contribution in [1.82, 2.24) is 20.5 Å². The minimum atomic E-state index is -0.235. The summed E-state index contributed by atoms with van der Waals surface area (Å²) in [5.74, 6) is -0.235. The predicted molar refractivity (Wildman–Crippen MR) is 83.8 cm³/mol. The van der Waals surface area contributed by atoms with Gasteiger partial charge in [0.25, 0.3) is 5.91 Å². The monoisotopic (exact) mass is 313 g/mol. The molecule has 0 atom stereocenters. The number of carbonyl (C=O) groups excluding carboxylic acids is 1. The van der Waals surface area contributed by atoms with E-state index in [9.17, 15) is 4.79 Å². The Morgan fingerprint density at radius 3 is 3.00 bits per heavy atom. The Kier molecular flexibility index (Phi) is 3.06. The van der Waals surface area contributed by atoms with Gasteiger partial charge in [0.15, 0.2) is 5.65 Å². The molecule has 4 rings (SSSR count). The van der Waals surface area contributed by atoms with Crippen LogP contribution in [-0.2, 0) is 13.1 Å². The van der Waals surface area contributed by atoms with Crippen LogP contribution in [-0.4, -0.2) is 21.1 Å². The normalized spacial score (nSPS) is 13.3. The summed E-state index contributed by atoms with van der Waals surface area (Å²) in [4.78, 5) is 16.6. The number of aromatic amines is 1. The molecular weight excluding hydrogens is 302 g/mol. The van der Waals surface area contributed by atoms with E-state index in [0.29, 0.717) is 16.6 Å². The fourth-order valence-corrected chi connectivity index (χ4v) is 2.85. The number of amides is 1. The SMILES string of the molecule is O=C(Nc1ccc2c(c1)CNC2)c1cc(Cl)nc2[nH]ncc12. The predicted octanol–water partition coefficient (Wildman–Crippen LogP) is 2.47. The van der Waals surface area contributed by atoms with Crippen molar-refractivity contribution in [3.8, 4) is 0 Å². The minimum absolute atomic E-state index is 0.235. The van der Waals surface area contributed by atoms with E-state index in [-0.39, 0.29) is 11.1 Å². The van der Waals surface area contributed by atoms with Crippen LogP contribution in [0.3, 0.4) is 0 Å². The second-order valence-electron chi connectivity index (χ2n) is 5.17. The molecule has 0 radical (unpaired) electrons. The number of aromatic nitrogens is 3. The Morgan fingerprint density at radius 2 is 2.09 bits per heavy atom. The van der Waals surface area contributed by atoms with Crippen molar-refractivity contribution < 1.29 is 4.79 Å². The fraction of sp³-hybridized carbons (Fsp3) is 0.133. The van der Waals surface area contributed by atoms with Gasteiger partial charge in [-0.1, -0.05) is 17.7 Å². The smallest absolute Gasteiger partial charge is 0.256 e. The van der Waals surface area contributed by atoms with Crippen LogP contribution in [0.25, 0.3) is 11.0 Å². The van der Waals surface area contributed by atoms with Crippen LogP contribution in [0.1, 0.15) is 21.5 Å². The highest BCUT2D eigenvalue weighted by Crippen LogP contribution is 2.23. The number of halogens is 1. The number of carbonyl (C=O) groups is 1. The molecule has 0 saturated heterocycles. The molecule has 3 aromatic rings. The van der Waals surface area contributed by atoms with Gasteiger partial charge in [-0.15, -0.1) is 0 Å². The van der Waals surface area contributed by atoms with Crippen LogP contribution in [0.15, 0.2) is 30.5 Å². The summed E-state index contributed by atoms with van der Waals surface area (Å²) in [6.45, 7) is 1.70. The number of rotatable bonds is 2. The fourth-order valence-electron chi connectivity index (χ4n) is 2.66. The van der Waals surface area contributed by atoms with Crippen LogP contribution in [0.2, 0.25) is 5.15 Å². The molecule has 0 unspecified atom stereocenters. The topological polar surface area (TPSA) is 82.7 Å². The third kappa shape index (κ3) is 2.22. The molecule has 1 aromatic carbocycles. The van der Waals surface area contributed by atoms with Crippen LogP contribution >= 0.6 is 11.6 Å². The zero-order valence-electron chi connectivity index (χ0n) is 11.5. The van der Waals surface area contributed by atoms with Crippen LogP contribution in [0.4, 0.5) is 5.69 Å². The average Bonchev–Trinajstić information content (AvgIpc) is 3.13. The van der Waals surface area contributed by atoms with Crippen LogP contribution in [0, 0.1) is 0 Å². The van der Waals surface area contributed by atoms with Crippen molar-refractivity contribution in [2.24, 2.45) is 0 Å². The van der Waals surface area contributed by atoms with Gasteiger partial charge in [0.1, 0.15) is 5.15 Å². The van der Waals surface area contributed by atoms with E-state index in [0.717, 1.165) is 18.8 Å². The van der Waals surface area contributed by atoms with Crippen molar-refractivity contribution in [2.75, 3.05) is 5.32 Å². The second-order valence-corrected chi connectivity index (χ2v) is 5.55. The van der Waals surface area contributed by atoms with E-state index in [1.54, 1.807) is 12.3 Å². The lowest BCUT2D eigenvalue weighted by Gasteiger charge is -2.08. The van der Waals surface area contributed by atoms with Crippen molar-refractivity contribution in [2.45, 2.75) is 13.1 Å². The maximum absolute atomic E-state index is 12.5. The molecular formula is C15H12ClN5O. The van der Waals surface area contributed by atoms with Crippen LogP contribution < -0.4 is 10.6 Å². The van der Waals surface area contributed by atoms with Crippen LogP contribution in [0.5, 0.6) is 0 Å². The largest absolute Gasteiger partial charge is 0.322 e. The van der Waals surface area contributed by atoms with E-state index in [1.807, 2.05) is 18.2 Å². The first-order valence-electron chi connectivity index (χ1n) is 6.84. The number of pyridine rings is 1.